The molecular formula is C15H16O10. The van der Waals surface area contributed by atoms with Crippen LogP contribution in [0.1, 0.15) is 5.56 Å². The van der Waals surface area contributed by atoms with Crippen LogP contribution in [-0.4, -0.2) is 73.3 Å². The van der Waals surface area contributed by atoms with Gasteiger partial charge in [-0.05, 0) is 23.8 Å². The van der Waals surface area contributed by atoms with E-state index in [0.717, 1.165) is 6.08 Å². The zero-order valence-electron chi connectivity index (χ0n) is 12.6. The number of benzene rings is 1. The van der Waals surface area contributed by atoms with E-state index in [1.807, 2.05) is 0 Å². The summed E-state index contributed by atoms with van der Waals surface area (Å²) >= 11 is 0. The molecule has 0 bridgehead atoms. The van der Waals surface area contributed by atoms with Gasteiger partial charge in [0, 0.05) is 6.08 Å². The zero-order valence-corrected chi connectivity index (χ0v) is 12.6. The minimum atomic E-state index is -1.86. The Morgan fingerprint density at radius 3 is 2.32 bits per heavy atom. The van der Waals surface area contributed by atoms with E-state index >= 15 is 0 Å². The van der Waals surface area contributed by atoms with Crippen molar-refractivity contribution in [1.29, 1.82) is 0 Å². The van der Waals surface area contributed by atoms with Crippen molar-refractivity contribution in [3.8, 4) is 11.5 Å². The highest BCUT2D eigenvalue weighted by Gasteiger charge is 2.48. The molecule has 0 amide bonds. The molecule has 1 aliphatic heterocycles. The summed E-state index contributed by atoms with van der Waals surface area (Å²) in [4.78, 5) is 21.5. The first-order valence-electron chi connectivity index (χ1n) is 7.04. The molecular weight excluding hydrogens is 340 g/mol. The number of carboxylic acid groups (broad SMARTS) is 2. The average molecular weight is 356 g/mol. The van der Waals surface area contributed by atoms with E-state index in [4.69, 9.17) is 19.7 Å². The lowest BCUT2D eigenvalue weighted by molar-refractivity contribution is -0.271. The lowest BCUT2D eigenvalue weighted by atomic mass is 9.99. The predicted octanol–water partition coefficient (Wildman–Crippen LogP) is -1.24. The van der Waals surface area contributed by atoms with Gasteiger partial charge in [0.05, 0.1) is 0 Å². The number of carboxylic acids is 2. The van der Waals surface area contributed by atoms with Crippen LogP contribution in [0.2, 0.25) is 0 Å². The van der Waals surface area contributed by atoms with Crippen molar-refractivity contribution in [3.63, 3.8) is 0 Å². The summed E-state index contributed by atoms with van der Waals surface area (Å²) < 4.78 is 10.1. The SMILES string of the molecule is O=C(O)/C=C/c1ccc(O[C@@H]2O[C@H](C(=O)O)[C@@H](O)[C@H](O)[C@H]2O)c(O)c1. The minimum Gasteiger partial charge on any atom is -0.504 e. The molecule has 0 aromatic heterocycles. The topological polar surface area (TPSA) is 174 Å². The quantitative estimate of drug-likeness (QED) is 0.350. The number of rotatable bonds is 5. The molecule has 0 radical (unpaired) electrons. The van der Waals surface area contributed by atoms with Crippen LogP contribution in [-0.2, 0) is 14.3 Å². The molecule has 1 fully saturated rings. The molecule has 1 saturated heterocycles. The van der Waals surface area contributed by atoms with Crippen molar-refractivity contribution in [2.75, 3.05) is 0 Å². The van der Waals surface area contributed by atoms with Gasteiger partial charge in [-0.1, -0.05) is 6.07 Å². The fraction of sp³-hybridized carbons (Fsp3) is 0.333. The van der Waals surface area contributed by atoms with Gasteiger partial charge in [0.25, 0.3) is 0 Å². The van der Waals surface area contributed by atoms with Gasteiger partial charge in [0.1, 0.15) is 18.3 Å². The van der Waals surface area contributed by atoms with Crippen molar-refractivity contribution >= 4 is 18.0 Å². The Hall–Kier alpha value is -2.66. The fourth-order valence-electron chi connectivity index (χ4n) is 2.18. The Kier molecular flexibility index (Phi) is 5.59. The second-order valence-corrected chi connectivity index (χ2v) is 5.25. The van der Waals surface area contributed by atoms with E-state index < -0.39 is 48.4 Å². The van der Waals surface area contributed by atoms with Crippen LogP contribution in [0.4, 0.5) is 0 Å². The number of ether oxygens (including phenoxy) is 2. The lowest BCUT2D eigenvalue weighted by Gasteiger charge is -2.38. The molecule has 1 aromatic rings. The summed E-state index contributed by atoms with van der Waals surface area (Å²) in [5.74, 6) is -3.38. The van der Waals surface area contributed by atoms with Gasteiger partial charge in [-0.25, -0.2) is 9.59 Å². The average Bonchev–Trinajstić information content (AvgIpc) is 2.54. The van der Waals surface area contributed by atoms with E-state index in [9.17, 15) is 30.0 Å². The fourth-order valence-corrected chi connectivity index (χ4v) is 2.18. The highest BCUT2D eigenvalue weighted by Crippen LogP contribution is 2.31. The van der Waals surface area contributed by atoms with Gasteiger partial charge in [-0.2, -0.15) is 0 Å². The molecule has 10 nitrogen and oxygen atoms in total. The van der Waals surface area contributed by atoms with E-state index in [1.54, 1.807) is 0 Å². The summed E-state index contributed by atoms with van der Waals surface area (Å²) in [5.41, 5.74) is 0.344. The second-order valence-electron chi connectivity index (χ2n) is 5.25. The number of aliphatic hydroxyl groups excluding tert-OH is 3. The Balaban J connectivity index is 2.17. The Morgan fingerprint density at radius 2 is 1.76 bits per heavy atom. The third-order valence-electron chi connectivity index (χ3n) is 3.46. The highest BCUT2D eigenvalue weighted by molar-refractivity contribution is 5.85. The normalized spacial score (nSPS) is 29.5. The first-order valence-corrected chi connectivity index (χ1v) is 7.04. The van der Waals surface area contributed by atoms with Gasteiger partial charge < -0.3 is 40.1 Å². The Bertz CT molecular complexity index is 685. The molecule has 1 heterocycles. The van der Waals surface area contributed by atoms with Crippen LogP contribution in [0.15, 0.2) is 24.3 Å². The van der Waals surface area contributed by atoms with Crippen molar-refractivity contribution in [3.05, 3.63) is 29.8 Å². The van der Waals surface area contributed by atoms with Crippen LogP contribution in [0.25, 0.3) is 6.08 Å². The third-order valence-corrected chi connectivity index (χ3v) is 3.46. The van der Waals surface area contributed by atoms with Gasteiger partial charge in [0.15, 0.2) is 17.6 Å². The minimum absolute atomic E-state index is 0.204. The third kappa shape index (κ3) is 4.25. The lowest BCUT2D eigenvalue weighted by Crippen LogP contribution is -2.61. The number of hydrogen-bond donors (Lipinski definition) is 6. The van der Waals surface area contributed by atoms with E-state index in [1.165, 1.54) is 24.3 Å². The number of aromatic hydroxyl groups is 1. The standard InChI is InChI=1S/C15H16O10/c16-7-5-6(2-4-9(17)18)1-3-8(7)24-15-12(21)10(19)11(20)13(25-15)14(22)23/h1-5,10-13,15-16,19-21H,(H,17,18)(H,22,23)/b4-2+/t10-,11-,12+,13-,15+/m0/s1. The summed E-state index contributed by atoms with van der Waals surface area (Å²) in [7, 11) is 0. The largest absolute Gasteiger partial charge is 0.504 e. The number of aliphatic carboxylic acids is 2. The zero-order chi connectivity index (χ0) is 18.7. The Morgan fingerprint density at radius 1 is 1.08 bits per heavy atom. The molecule has 0 saturated carbocycles. The maximum absolute atomic E-state index is 11.0. The number of hydrogen-bond acceptors (Lipinski definition) is 8. The van der Waals surface area contributed by atoms with Crippen LogP contribution in [0.3, 0.4) is 0 Å². The summed E-state index contributed by atoms with van der Waals surface area (Å²) in [6.45, 7) is 0. The van der Waals surface area contributed by atoms with Gasteiger partial charge in [-0.3, -0.25) is 0 Å². The molecule has 5 atom stereocenters. The number of phenolic OH excluding ortho intramolecular Hbond substituents is 1. The van der Waals surface area contributed by atoms with Gasteiger partial charge >= 0.3 is 11.9 Å². The predicted molar refractivity (Wildman–Crippen MR) is 79.7 cm³/mol. The molecule has 0 unspecified atom stereocenters. The van der Waals surface area contributed by atoms with E-state index in [-0.39, 0.29) is 5.75 Å². The first kappa shape index (κ1) is 18.7. The monoisotopic (exact) mass is 356 g/mol. The number of phenols is 1. The maximum Gasteiger partial charge on any atom is 0.335 e. The molecule has 1 aromatic carbocycles. The molecule has 25 heavy (non-hydrogen) atoms. The van der Waals surface area contributed by atoms with Gasteiger partial charge in [0.2, 0.25) is 6.29 Å². The van der Waals surface area contributed by atoms with Crippen molar-refractivity contribution in [1.82, 2.24) is 0 Å². The van der Waals surface area contributed by atoms with Crippen molar-refractivity contribution < 1.29 is 49.7 Å². The molecule has 2 rings (SSSR count). The first-order chi connectivity index (χ1) is 11.7. The summed E-state index contributed by atoms with van der Waals surface area (Å²) in [6.07, 6.45) is -6.87. The molecule has 10 heteroatoms. The Labute approximate surface area is 140 Å². The summed E-state index contributed by atoms with van der Waals surface area (Å²) in [6, 6.07) is 3.80. The molecule has 0 aliphatic carbocycles. The number of aliphatic hydroxyl groups is 3. The van der Waals surface area contributed by atoms with Crippen LogP contribution < -0.4 is 4.74 Å². The molecule has 1 aliphatic rings. The second kappa shape index (κ2) is 7.49. The van der Waals surface area contributed by atoms with E-state index in [2.05, 4.69) is 0 Å². The molecule has 6 N–H and O–H groups in total. The van der Waals surface area contributed by atoms with Crippen LogP contribution in [0, 0.1) is 0 Å². The van der Waals surface area contributed by atoms with Crippen molar-refractivity contribution in [2.24, 2.45) is 0 Å². The highest BCUT2D eigenvalue weighted by atomic mass is 16.7. The maximum atomic E-state index is 11.0. The van der Waals surface area contributed by atoms with E-state index in [0.29, 0.717) is 5.56 Å². The molecule has 0 spiro atoms. The smallest absolute Gasteiger partial charge is 0.335 e. The van der Waals surface area contributed by atoms with Crippen LogP contribution in [0.5, 0.6) is 11.5 Å². The van der Waals surface area contributed by atoms with Crippen LogP contribution >= 0.6 is 0 Å². The van der Waals surface area contributed by atoms with Gasteiger partial charge in [-0.15, -0.1) is 0 Å². The number of carbonyl (C=O) groups is 2. The van der Waals surface area contributed by atoms with Crippen molar-refractivity contribution in [2.45, 2.75) is 30.7 Å². The summed E-state index contributed by atoms with van der Waals surface area (Å²) in [5, 5.41) is 56.5. The molecule has 136 valence electrons.